The van der Waals surface area contributed by atoms with Crippen molar-refractivity contribution in [2.45, 2.75) is 12.6 Å². The molecule has 2 aromatic rings. The Bertz CT molecular complexity index is 1140. The fourth-order valence-corrected chi connectivity index (χ4v) is 5.54. The Morgan fingerprint density at radius 3 is 1.58 bits per heavy atom. The Hall–Kier alpha value is -3.08. The van der Waals surface area contributed by atoms with Crippen LogP contribution in [0.4, 0.5) is 18.9 Å². The summed E-state index contributed by atoms with van der Waals surface area (Å²) in [4.78, 5) is 28.5. The van der Waals surface area contributed by atoms with E-state index in [-0.39, 0.29) is 49.3 Å². The van der Waals surface area contributed by atoms with Crippen LogP contribution in [0.15, 0.2) is 48.5 Å². The van der Waals surface area contributed by atoms with Crippen LogP contribution in [0.2, 0.25) is 0 Å². The Morgan fingerprint density at radius 1 is 0.727 bits per heavy atom. The molecule has 7 nitrogen and oxygen atoms in total. The van der Waals surface area contributed by atoms with E-state index in [0.29, 0.717) is 24.2 Å². The van der Waals surface area contributed by atoms with E-state index in [2.05, 4.69) is 0 Å². The minimum atomic E-state index is -4.46. The van der Waals surface area contributed by atoms with E-state index < -0.39 is 21.8 Å². The molecule has 0 aromatic heterocycles. The maximum atomic E-state index is 12.8. The van der Waals surface area contributed by atoms with Gasteiger partial charge in [-0.05, 0) is 55.0 Å². The number of amides is 2. The number of hydrogen-bond acceptors (Lipinski definition) is 4. The van der Waals surface area contributed by atoms with Gasteiger partial charge in [0.05, 0.1) is 17.0 Å². The van der Waals surface area contributed by atoms with E-state index in [4.69, 9.17) is 0 Å². The zero-order chi connectivity index (χ0) is 23.8. The van der Waals surface area contributed by atoms with Crippen molar-refractivity contribution in [1.82, 2.24) is 9.80 Å². The fourth-order valence-electron chi connectivity index (χ4n) is 3.98. The summed E-state index contributed by atoms with van der Waals surface area (Å²) in [6, 6.07) is 10.5. The van der Waals surface area contributed by atoms with Gasteiger partial charge in [0.25, 0.3) is 11.8 Å². The average molecular weight is 481 g/mol. The smallest absolute Gasteiger partial charge is 0.335 e. The summed E-state index contributed by atoms with van der Waals surface area (Å²) >= 11 is 0. The average Bonchev–Trinajstić information content (AvgIpc) is 3.16. The monoisotopic (exact) mass is 481 g/mol. The highest BCUT2D eigenvalue weighted by Crippen LogP contribution is 2.29. The van der Waals surface area contributed by atoms with E-state index in [0.717, 1.165) is 24.3 Å². The lowest BCUT2D eigenvalue weighted by Gasteiger charge is -2.35. The maximum Gasteiger partial charge on any atom is 0.416 e. The van der Waals surface area contributed by atoms with Crippen LogP contribution in [0.25, 0.3) is 0 Å². The van der Waals surface area contributed by atoms with Crippen molar-refractivity contribution >= 4 is 27.5 Å². The standard InChI is InChI=1S/C22H22F3N3O4S/c23-22(24,25)18-6-2-16(3-7-18)20(29)26-11-13-27(14-12-26)21(30)17-4-8-19(9-5-17)28-10-1-15-33(28,31)32/h2-9H,1,10-15H2. The molecule has 0 bridgehead atoms. The molecule has 2 saturated heterocycles. The van der Waals surface area contributed by atoms with Crippen molar-refractivity contribution in [3.8, 4) is 0 Å². The second-order valence-electron chi connectivity index (χ2n) is 7.95. The van der Waals surface area contributed by atoms with Gasteiger partial charge in [-0.3, -0.25) is 13.9 Å². The second kappa shape index (κ2) is 8.69. The molecule has 33 heavy (non-hydrogen) atoms. The fraction of sp³-hybridized carbons (Fsp3) is 0.364. The SMILES string of the molecule is O=C(c1ccc(N2CCCS2(=O)=O)cc1)N1CCN(C(=O)c2ccc(C(F)(F)F)cc2)CC1. The summed E-state index contributed by atoms with van der Waals surface area (Å²) in [6.07, 6.45) is -3.90. The molecule has 0 aliphatic carbocycles. The normalized spacial score (nSPS) is 18.5. The molecule has 4 rings (SSSR count). The Morgan fingerprint density at radius 2 is 1.18 bits per heavy atom. The molecule has 2 heterocycles. The largest absolute Gasteiger partial charge is 0.416 e. The Balaban J connectivity index is 1.35. The molecule has 0 N–H and O–H groups in total. The van der Waals surface area contributed by atoms with Gasteiger partial charge in [0.15, 0.2) is 0 Å². The second-order valence-corrected chi connectivity index (χ2v) is 9.96. The third kappa shape index (κ3) is 4.82. The van der Waals surface area contributed by atoms with Gasteiger partial charge in [-0.2, -0.15) is 13.2 Å². The summed E-state index contributed by atoms with van der Waals surface area (Å²) in [5, 5.41) is 0. The van der Waals surface area contributed by atoms with Gasteiger partial charge < -0.3 is 9.80 Å². The van der Waals surface area contributed by atoms with E-state index in [1.54, 1.807) is 29.2 Å². The first-order valence-electron chi connectivity index (χ1n) is 10.4. The number of nitrogens with zero attached hydrogens (tertiary/aromatic N) is 3. The summed E-state index contributed by atoms with van der Waals surface area (Å²) in [5.41, 5.74) is 0.284. The van der Waals surface area contributed by atoms with Crippen LogP contribution in [0.3, 0.4) is 0 Å². The maximum absolute atomic E-state index is 12.8. The molecule has 2 aromatic carbocycles. The van der Waals surface area contributed by atoms with Gasteiger partial charge in [-0.25, -0.2) is 8.42 Å². The van der Waals surface area contributed by atoms with Crippen LogP contribution in [0, 0.1) is 0 Å². The molecule has 2 aliphatic heterocycles. The first-order valence-corrected chi connectivity index (χ1v) is 12.0. The number of piperazine rings is 1. The number of halogens is 3. The minimum absolute atomic E-state index is 0.114. The predicted octanol–water partition coefficient (Wildman–Crippen LogP) is 2.84. The molecule has 0 radical (unpaired) electrons. The van der Waals surface area contributed by atoms with Crippen molar-refractivity contribution in [3.63, 3.8) is 0 Å². The lowest BCUT2D eigenvalue weighted by molar-refractivity contribution is -0.137. The van der Waals surface area contributed by atoms with Gasteiger partial charge in [-0.15, -0.1) is 0 Å². The van der Waals surface area contributed by atoms with Gasteiger partial charge in [0, 0.05) is 43.9 Å². The quantitative estimate of drug-likeness (QED) is 0.676. The van der Waals surface area contributed by atoms with Gasteiger partial charge in [0.1, 0.15) is 0 Å². The topological polar surface area (TPSA) is 78.0 Å². The molecule has 0 spiro atoms. The highest BCUT2D eigenvalue weighted by Gasteiger charge is 2.31. The van der Waals surface area contributed by atoms with Crippen LogP contribution >= 0.6 is 0 Å². The van der Waals surface area contributed by atoms with Crippen LogP contribution < -0.4 is 4.31 Å². The van der Waals surface area contributed by atoms with E-state index in [1.165, 1.54) is 9.21 Å². The number of carbonyl (C=O) groups is 2. The number of anilines is 1. The number of sulfonamides is 1. The number of carbonyl (C=O) groups excluding carboxylic acids is 2. The summed E-state index contributed by atoms with van der Waals surface area (Å²) in [7, 11) is -3.30. The molecule has 0 atom stereocenters. The molecule has 2 amide bonds. The predicted molar refractivity (Wildman–Crippen MR) is 115 cm³/mol. The first-order chi connectivity index (χ1) is 15.6. The van der Waals surface area contributed by atoms with Crippen molar-refractivity contribution < 1.29 is 31.2 Å². The van der Waals surface area contributed by atoms with Crippen molar-refractivity contribution in [3.05, 3.63) is 65.2 Å². The molecule has 2 fully saturated rings. The third-order valence-electron chi connectivity index (χ3n) is 5.81. The van der Waals surface area contributed by atoms with Crippen molar-refractivity contribution in [1.29, 1.82) is 0 Å². The Labute approximate surface area is 189 Å². The number of alkyl halides is 3. The highest BCUT2D eigenvalue weighted by molar-refractivity contribution is 7.93. The number of hydrogen-bond donors (Lipinski definition) is 0. The molecule has 0 unspecified atom stereocenters. The molecular weight excluding hydrogens is 459 g/mol. The Kier molecular flexibility index (Phi) is 6.08. The van der Waals surface area contributed by atoms with E-state index >= 15 is 0 Å². The van der Waals surface area contributed by atoms with Gasteiger partial charge in [-0.1, -0.05) is 0 Å². The molecule has 176 valence electrons. The first kappa shape index (κ1) is 23.1. The van der Waals surface area contributed by atoms with Crippen LogP contribution in [-0.4, -0.2) is 68.5 Å². The van der Waals surface area contributed by atoms with Gasteiger partial charge >= 0.3 is 6.18 Å². The highest BCUT2D eigenvalue weighted by atomic mass is 32.2. The van der Waals surface area contributed by atoms with Crippen LogP contribution in [-0.2, 0) is 16.2 Å². The zero-order valence-electron chi connectivity index (χ0n) is 17.6. The van der Waals surface area contributed by atoms with Crippen LogP contribution in [0.5, 0.6) is 0 Å². The zero-order valence-corrected chi connectivity index (χ0v) is 18.4. The van der Waals surface area contributed by atoms with E-state index in [9.17, 15) is 31.2 Å². The number of benzene rings is 2. The van der Waals surface area contributed by atoms with E-state index in [1.807, 2.05) is 0 Å². The van der Waals surface area contributed by atoms with Crippen molar-refractivity contribution in [2.75, 3.05) is 42.8 Å². The lowest BCUT2D eigenvalue weighted by Crippen LogP contribution is -2.50. The third-order valence-corrected chi connectivity index (χ3v) is 7.68. The lowest BCUT2D eigenvalue weighted by atomic mass is 10.1. The molecule has 11 heteroatoms. The van der Waals surface area contributed by atoms with Crippen LogP contribution in [0.1, 0.15) is 32.7 Å². The molecule has 0 saturated carbocycles. The molecule has 2 aliphatic rings. The minimum Gasteiger partial charge on any atom is -0.335 e. The van der Waals surface area contributed by atoms with Gasteiger partial charge in [0.2, 0.25) is 10.0 Å². The summed E-state index contributed by atoms with van der Waals surface area (Å²) in [5.74, 6) is -0.497. The number of rotatable bonds is 3. The van der Waals surface area contributed by atoms with Crippen molar-refractivity contribution in [2.24, 2.45) is 0 Å². The summed E-state index contributed by atoms with van der Waals surface area (Å²) < 4.78 is 63.6. The summed E-state index contributed by atoms with van der Waals surface area (Å²) in [6.45, 7) is 1.51. The molecular formula is C22H22F3N3O4S.